The van der Waals surface area contributed by atoms with Crippen molar-refractivity contribution in [3.63, 3.8) is 0 Å². The van der Waals surface area contributed by atoms with E-state index in [1.165, 1.54) is 0 Å². The number of hydrogen-bond acceptors (Lipinski definition) is 7. The molecule has 0 bridgehead atoms. The topological polar surface area (TPSA) is 114 Å². The summed E-state index contributed by atoms with van der Waals surface area (Å²) in [7, 11) is 1.58. The maximum Gasteiger partial charge on any atom is 0.293 e. The quantitative estimate of drug-likeness (QED) is 0.791. The first-order valence-corrected chi connectivity index (χ1v) is 8.13. The predicted octanol–water partition coefficient (Wildman–Crippen LogP) is 1.91. The molecule has 2 aliphatic rings. The fourth-order valence-corrected chi connectivity index (χ4v) is 4.05. The molecule has 1 fully saturated rings. The summed E-state index contributed by atoms with van der Waals surface area (Å²) >= 11 is 0. The Morgan fingerprint density at radius 3 is 2.16 bits per heavy atom. The monoisotopic (exact) mass is 340 g/mol. The van der Waals surface area contributed by atoms with E-state index in [2.05, 4.69) is 17.1 Å². The largest absolute Gasteiger partial charge is 0.497 e. The Morgan fingerprint density at radius 1 is 1.12 bits per heavy atom. The zero-order valence-electron chi connectivity index (χ0n) is 14.4. The minimum atomic E-state index is -1.57. The molecule has 0 amide bonds. The fraction of sp³-hybridized carbons (Fsp3) is 0.500. The van der Waals surface area contributed by atoms with Gasteiger partial charge in [-0.3, -0.25) is 0 Å². The van der Waals surface area contributed by atoms with Gasteiger partial charge in [-0.05, 0) is 31.5 Å². The van der Waals surface area contributed by atoms with E-state index in [9.17, 15) is 10.5 Å². The number of nitriles is 2. The first-order valence-electron chi connectivity index (χ1n) is 8.13. The van der Waals surface area contributed by atoms with Crippen LogP contribution < -0.4 is 10.5 Å². The zero-order chi connectivity index (χ0) is 18.3. The van der Waals surface area contributed by atoms with Crippen molar-refractivity contribution in [3.8, 4) is 17.9 Å². The van der Waals surface area contributed by atoms with Gasteiger partial charge in [0.2, 0.25) is 0 Å². The lowest BCUT2D eigenvalue weighted by Gasteiger charge is -2.31. The molecule has 7 nitrogen and oxygen atoms in total. The van der Waals surface area contributed by atoms with E-state index in [1.54, 1.807) is 33.1 Å². The van der Waals surface area contributed by atoms with Gasteiger partial charge >= 0.3 is 0 Å². The summed E-state index contributed by atoms with van der Waals surface area (Å²) in [6.45, 7) is 4.12. The third-order valence-corrected chi connectivity index (χ3v) is 5.06. The molecular formula is C18H20N4O3. The Hall–Kier alpha value is -2.61. The number of amidine groups is 1. The van der Waals surface area contributed by atoms with Crippen LogP contribution in [0.3, 0.4) is 0 Å². The van der Waals surface area contributed by atoms with Gasteiger partial charge in [-0.1, -0.05) is 12.1 Å². The lowest BCUT2D eigenvalue weighted by molar-refractivity contribution is -0.255. The molecule has 7 heteroatoms. The van der Waals surface area contributed by atoms with Crippen LogP contribution >= 0.6 is 0 Å². The van der Waals surface area contributed by atoms with E-state index >= 15 is 0 Å². The fourth-order valence-electron chi connectivity index (χ4n) is 4.05. The highest BCUT2D eigenvalue weighted by Gasteiger charge is 2.93. The van der Waals surface area contributed by atoms with Gasteiger partial charge < -0.3 is 19.9 Å². The first-order chi connectivity index (χ1) is 12.0. The molecule has 0 spiro atoms. The normalized spacial score (nSPS) is 31.4. The summed E-state index contributed by atoms with van der Waals surface area (Å²) in [6, 6.07) is 11.7. The lowest BCUT2D eigenvalue weighted by atomic mass is 9.93. The molecule has 1 aliphatic carbocycles. The highest BCUT2D eigenvalue weighted by atomic mass is 16.7. The molecular weight excluding hydrogens is 320 g/mol. The van der Waals surface area contributed by atoms with Crippen LogP contribution in [0.25, 0.3) is 0 Å². The smallest absolute Gasteiger partial charge is 0.293 e. The molecule has 1 saturated carbocycles. The van der Waals surface area contributed by atoms with Crippen LogP contribution in [-0.4, -0.2) is 32.1 Å². The van der Waals surface area contributed by atoms with E-state index in [0.717, 1.165) is 5.56 Å². The maximum absolute atomic E-state index is 10.1. The van der Waals surface area contributed by atoms with Gasteiger partial charge in [-0.25, -0.2) is 4.99 Å². The Morgan fingerprint density at radius 2 is 1.72 bits per heavy atom. The van der Waals surface area contributed by atoms with Crippen LogP contribution in [0, 0.1) is 33.5 Å². The molecule has 0 saturated heterocycles. The zero-order valence-corrected chi connectivity index (χ0v) is 14.4. The Kier molecular flexibility index (Phi) is 3.95. The number of aliphatic imine (C=N–C) groups is 1. The molecule has 3 atom stereocenters. The summed E-state index contributed by atoms with van der Waals surface area (Å²) in [5.74, 6) is -1.29. The van der Waals surface area contributed by atoms with E-state index in [4.69, 9.17) is 19.9 Å². The molecule has 25 heavy (non-hydrogen) atoms. The van der Waals surface area contributed by atoms with Crippen molar-refractivity contribution in [1.82, 2.24) is 0 Å². The number of fused-ring (bicyclic) bond motifs is 1. The van der Waals surface area contributed by atoms with Gasteiger partial charge in [-0.15, -0.1) is 0 Å². The second-order valence-corrected chi connectivity index (χ2v) is 5.99. The Bertz CT molecular complexity index is 786. The molecule has 0 aromatic heterocycles. The summed E-state index contributed by atoms with van der Waals surface area (Å²) < 4.78 is 16.7. The standard InChI is InChI=1S/C18H20N4O3/c1-4-24-18(25-5-2)17(11-20)14(16(17,10-19)15(21)22-18)12-6-8-13(23-3)9-7-12/h6-9,14H,4-5H2,1-3H3,(H2,21,22)/t14-,16-,17-/m1/s1. The Balaban J connectivity index is 2.17. The van der Waals surface area contributed by atoms with Crippen molar-refractivity contribution >= 4 is 5.84 Å². The van der Waals surface area contributed by atoms with Crippen LogP contribution in [0.1, 0.15) is 25.3 Å². The third-order valence-electron chi connectivity index (χ3n) is 5.06. The van der Waals surface area contributed by atoms with E-state index < -0.39 is 22.7 Å². The van der Waals surface area contributed by atoms with Gasteiger partial charge in [0.1, 0.15) is 17.0 Å². The number of benzene rings is 1. The molecule has 1 aromatic carbocycles. The SMILES string of the molecule is CCOC1(OCC)N=C(N)[C@@]2(C#N)[C@@H](c3ccc(OC)cc3)[C@@]12C#N. The molecule has 1 aliphatic heterocycles. The summed E-state index contributed by atoms with van der Waals surface area (Å²) in [4.78, 5) is 4.31. The number of rotatable bonds is 6. The highest BCUT2D eigenvalue weighted by molar-refractivity contribution is 6.00. The maximum atomic E-state index is 10.1. The van der Waals surface area contributed by atoms with Gasteiger partial charge in [0.05, 0.1) is 19.2 Å². The van der Waals surface area contributed by atoms with Crippen LogP contribution in [0.4, 0.5) is 0 Å². The molecule has 0 unspecified atom stereocenters. The second-order valence-electron chi connectivity index (χ2n) is 5.99. The minimum Gasteiger partial charge on any atom is -0.497 e. The third kappa shape index (κ3) is 1.82. The van der Waals surface area contributed by atoms with Crippen molar-refractivity contribution in [2.24, 2.45) is 21.6 Å². The number of ether oxygens (including phenoxy) is 3. The number of nitrogens with zero attached hydrogens (tertiary/aromatic N) is 3. The van der Waals surface area contributed by atoms with Crippen LogP contribution in [0.2, 0.25) is 0 Å². The molecule has 1 heterocycles. The van der Waals surface area contributed by atoms with E-state index in [0.29, 0.717) is 5.75 Å². The van der Waals surface area contributed by atoms with Crippen molar-refractivity contribution in [2.75, 3.05) is 20.3 Å². The van der Waals surface area contributed by atoms with Crippen LogP contribution in [0.5, 0.6) is 5.75 Å². The Labute approximate surface area is 146 Å². The molecule has 3 rings (SSSR count). The number of methoxy groups -OCH3 is 1. The summed E-state index contributed by atoms with van der Waals surface area (Å²) in [5, 5.41) is 20.0. The molecule has 2 N–H and O–H groups in total. The van der Waals surface area contributed by atoms with Gasteiger partial charge in [0, 0.05) is 19.1 Å². The van der Waals surface area contributed by atoms with Crippen LogP contribution in [-0.2, 0) is 9.47 Å². The number of hydrogen-bond donors (Lipinski definition) is 1. The number of nitrogens with two attached hydrogens (primary N) is 1. The highest BCUT2D eigenvalue weighted by Crippen LogP contribution is 2.81. The average Bonchev–Trinajstić information content (AvgIpc) is 3.21. The molecule has 1 aromatic rings. The van der Waals surface area contributed by atoms with Gasteiger partial charge in [-0.2, -0.15) is 10.5 Å². The minimum absolute atomic E-state index is 0.0827. The van der Waals surface area contributed by atoms with Crippen molar-refractivity contribution in [2.45, 2.75) is 25.7 Å². The van der Waals surface area contributed by atoms with Gasteiger partial charge in [0.15, 0.2) is 5.41 Å². The predicted molar refractivity (Wildman–Crippen MR) is 89.4 cm³/mol. The van der Waals surface area contributed by atoms with Crippen molar-refractivity contribution < 1.29 is 14.2 Å². The molecule has 130 valence electrons. The summed E-state index contributed by atoms with van der Waals surface area (Å²) in [6.07, 6.45) is 0. The first kappa shape index (κ1) is 17.2. The van der Waals surface area contributed by atoms with E-state index in [1.807, 2.05) is 12.1 Å². The van der Waals surface area contributed by atoms with Gasteiger partial charge in [0.25, 0.3) is 5.91 Å². The summed E-state index contributed by atoms with van der Waals surface area (Å²) in [5.41, 5.74) is 4.35. The van der Waals surface area contributed by atoms with Crippen molar-refractivity contribution in [1.29, 1.82) is 10.5 Å². The second kappa shape index (κ2) is 5.73. The lowest BCUT2D eigenvalue weighted by Crippen LogP contribution is -2.43. The van der Waals surface area contributed by atoms with Crippen LogP contribution in [0.15, 0.2) is 29.3 Å². The van der Waals surface area contributed by atoms with Crippen molar-refractivity contribution in [3.05, 3.63) is 29.8 Å². The average molecular weight is 340 g/mol. The molecule has 0 radical (unpaired) electrons. The van der Waals surface area contributed by atoms with E-state index in [-0.39, 0.29) is 19.0 Å².